The molecule has 2 aromatic rings. The molecular weight excluding hydrogens is 272 g/mol. The van der Waals surface area contributed by atoms with Gasteiger partial charge >= 0.3 is 0 Å². The van der Waals surface area contributed by atoms with Gasteiger partial charge in [0, 0.05) is 24.5 Å². The highest BCUT2D eigenvalue weighted by molar-refractivity contribution is 5.77. The summed E-state index contributed by atoms with van der Waals surface area (Å²) in [6, 6.07) is 3.63. The van der Waals surface area contributed by atoms with Crippen LogP contribution in [0, 0.1) is 5.92 Å². The van der Waals surface area contributed by atoms with Crippen LogP contribution in [0.3, 0.4) is 0 Å². The Bertz CT molecular complexity index is 569. The Morgan fingerprint density at radius 2 is 2.33 bits per heavy atom. The summed E-state index contributed by atoms with van der Waals surface area (Å²) in [4.78, 5) is 19.6. The molecule has 1 amide bonds. The number of rotatable bonds is 7. The van der Waals surface area contributed by atoms with Crippen LogP contribution >= 0.6 is 0 Å². The van der Waals surface area contributed by atoms with Gasteiger partial charge in [0.25, 0.3) is 5.89 Å². The zero-order valence-corrected chi connectivity index (χ0v) is 12.1. The minimum Gasteiger partial charge on any atom is -0.362 e. The van der Waals surface area contributed by atoms with E-state index in [0.717, 1.165) is 5.56 Å². The Morgan fingerprint density at radius 3 is 3.05 bits per heavy atom. The molecule has 0 aliphatic carbocycles. The van der Waals surface area contributed by atoms with Crippen LogP contribution in [0.2, 0.25) is 0 Å². The second-order valence-electron chi connectivity index (χ2n) is 4.94. The van der Waals surface area contributed by atoms with Gasteiger partial charge in [-0.05, 0) is 18.1 Å². The van der Waals surface area contributed by atoms with Crippen molar-refractivity contribution in [3.05, 3.63) is 30.4 Å². The number of aromatic nitrogens is 3. The van der Waals surface area contributed by atoms with E-state index in [1.807, 2.05) is 19.9 Å². The maximum absolute atomic E-state index is 11.5. The second kappa shape index (κ2) is 7.49. The lowest BCUT2D eigenvalue weighted by atomic mass is 10.2. The van der Waals surface area contributed by atoms with Crippen molar-refractivity contribution in [2.75, 3.05) is 13.2 Å². The Kier molecular flexibility index (Phi) is 5.39. The first-order valence-corrected chi connectivity index (χ1v) is 6.72. The first kappa shape index (κ1) is 15.1. The van der Waals surface area contributed by atoms with Crippen molar-refractivity contribution in [3.63, 3.8) is 0 Å². The van der Waals surface area contributed by atoms with Crippen molar-refractivity contribution in [2.24, 2.45) is 5.92 Å². The predicted octanol–water partition coefficient (Wildman–Crippen LogP) is 1.42. The molecule has 7 heteroatoms. The molecule has 0 radical (unpaired) electrons. The molecule has 2 rings (SSSR count). The van der Waals surface area contributed by atoms with Crippen LogP contribution in [0.1, 0.15) is 19.7 Å². The van der Waals surface area contributed by atoms with Crippen LogP contribution < -0.4 is 5.32 Å². The van der Waals surface area contributed by atoms with Gasteiger partial charge in [0.1, 0.15) is 13.2 Å². The topological polar surface area (TPSA) is 90.1 Å². The van der Waals surface area contributed by atoms with Gasteiger partial charge in [-0.2, -0.15) is 4.98 Å². The number of hydrogen-bond acceptors (Lipinski definition) is 6. The summed E-state index contributed by atoms with van der Waals surface area (Å²) in [5.74, 6) is 1.03. The van der Waals surface area contributed by atoms with Gasteiger partial charge in [0.15, 0.2) is 0 Å². The van der Waals surface area contributed by atoms with E-state index in [-0.39, 0.29) is 19.1 Å². The molecule has 7 nitrogen and oxygen atoms in total. The molecular formula is C14H18N4O3. The SMILES string of the molecule is CC(C)CNC(=O)COCc1nc(-c2cccnc2)no1. The average molecular weight is 290 g/mol. The maximum Gasteiger partial charge on any atom is 0.252 e. The fourth-order valence-electron chi connectivity index (χ4n) is 1.53. The standard InChI is InChI=1S/C14H18N4O3/c1-10(2)6-16-12(19)8-20-9-13-17-14(18-21-13)11-4-3-5-15-7-11/h3-5,7,10H,6,8-9H2,1-2H3,(H,16,19). The van der Waals surface area contributed by atoms with E-state index in [2.05, 4.69) is 20.4 Å². The quantitative estimate of drug-likeness (QED) is 0.829. The van der Waals surface area contributed by atoms with Crippen LogP contribution in [-0.4, -0.2) is 34.2 Å². The molecule has 2 heterocycles. The summed E-state index contributed by atoms with van der Waals surface area (Å²) in [6.45, 7) is 4.76. The number of carbonyl (C=O) groups is 1. The highest BCUT2D eigenvalue weighted by atomic mass is 16.5. The lowest BCUT2D eigenvalue weighted by Crippen LogP contribution is -2.30. The number of carbonyl (C=O) groups excluding carboxylic acids is 1. The van der Waals surface area contributed by atoms with Crippen LogP contribution in [0.15, 0.2) is 29.0 Å². The fourth-order valence-corrected chi connectivity index (χ4v) is 1.53. The normalized spacial score (nSPS) is 10.8. The van der Waals surface area contributed by atoms with Gasteiger partial charge in [-0.25, -0.2) is 0 Å². The van der Waals surface area contributed by atoms with Gasteiger partial charge in [-0.1, -0.05) is 19.0 Å². The average Bonchev–Trinajstić information content (AvgIpc) is 2.95. The summed E-state index contributed by atoms with van der Waals surface area (Å²) in [6.07, 6.45) is 3.32. The first-order valence-electron chi connectivity index (χ1n) is 6.72. The smallest absolute Gasteiger partial charge is 0.252 e. The zero-order chi connectivity index (χ0) is 15.1. The van der Waals surface area contributed by atoms with E-state index in [1.54, 1.807) is 18.5 Å². The van der Waals surface area contributed by atoms with Gasteiger partial charge < -0.3 is 14.6 Å². The third kappa shape index (κ3) is 4.96. The van der Waals surface area contributed by atoms with Crippen molar-refractivity contribution >= 4 is 5.91 Å². The summed E-state index contributed by atoms with van der Waals surface area (Å²) < 4.78 is 10.3. The van der Waals surface area contributed by atoms with Crippen LogP contribution in [0.5, 0.6) is 0 Å². The van der Waals surface area contributed by atoms with Gasteiger partial charge in [0.2, 0.25) is 11.7 Å². The van der Waals surface area contributed by atoms with Crippen molar-refractivity contribution in [2.45, 2.75) is 20.5 Å². The summed E-state index contributed by atoms with van der Waals surface area (Å²) in [5, 5.41) is 6.60. The molecule has 112 valence electrons. The summed E-state index contributed by atoms with van der Waals surface area (Å²) >= 11 is 0. The molecule has 0 saturated carbocycles. The Labute approximate surface area is 122 Å². The highest BCUT2D eigenvalue weighted by Crippen LogP contribution is 2.13. The van der Waals surface area contributed by atoms with Crippen molar-refractivity contribution < 1.29 is 14.1 Å². The Balaban J connectivity index is 1.77. The van der Waals surface area contributed by atoms with E-state index in [1.165, 1.54) is 0 Å². The van der Waals surface area contributed by atoms with Crippen LogP contribution in [0.4, 0.5) is 0 Å². The largest absolute Gasteiger partial charge is 0.362 e. The Morgan fingerprint density at radius 1 is 1.48 bits per heavy atom. The van der Waals surface area contributed by atoms with Crippen LogP contribution in [-0.2, 0) is 16.1 Å². The Hall–Kier alpha value is -2.28. The monoisotopic (exact) mass is 290 g/mol. The third-order valence-corrected chi connectivity index (χ3v) is 2.55. The molecule has 0 bridgehead atoms. The molecule has 0 saturated heterocycles. The number of hydrogen-bond donors (Lipinski definition) is 1. The minimum atomic E-state index is -0.157. The van der Waals surface area contributed by atoms with Crippen molar-refractivity contribution in [1.82, 2.24) is 20.4 Å². The molecule has 1 N–H and O–H groups in total. The van der Waals surface area contributed by atoms with E-state index in [9.17, 15) is 4.79 Å². The molecule has 0 fully saturated rings. The highest BCUT2D eigenvalue weighted by Gasteiger charge is 2.09. The predicted molar refractivity (Wildman–Crippen MR) is 75.0 cm³/mol. The van der Waals surface area contributed by atoms with Gasteiger partial charge in [-0.15, -0.1) is 0 Å². The number of nitrogens with zero attached hydrogens (tertiary/aromatic N) is 3. The number of pyridine rings is 1. The van der Waals surface area contributed by atoms with Gasteiger partial charge in [0.05, 0.1) is 0 Å². The third-order valence-electron chi connectivity index (χ3n) is 2.55. The van der Waals surface area contributed by atoms with Gasteiger partial charge in [-0.3, -0.25) is 9.78 Å². The van der Waals surface area contributed by atoms with E-state index in [0.29, 0.717) is 24.2 Å². The first-order chi connectivity index (χ1) is 10.1. The molecule has 0 aromatic carbocycles. The molecule has 0 aliphatic heterocycles. The van der Waals surface area contributed by atoms with E-state index >= 15 is 0 Å². The second-order valence-corrected chi connectivity index (χ2v) is 4.94. The molecule has 0 atom stereocenters. The lowest BCUT2D eigenvalue weighted by molar-refractivity contribution is -0.126. The molecule has 0 aliphatic rings. The van der Waals surface area contributed by atoms with E-state index < -0.39 is 0 Å². The number of amides is 1. The van der Waals surface area contributed by atoms with Crippen molar-refractivity contribution in [1.29, 1.82) is 0 Å². The molecule has 0 unspecified atom stereocenters. The van der Waals surface area contributed by atoms with Crippen LogP contribution in [0.25, 0.3) is 11.4 Å². The maximum atomic E-state index is 11.5. The summed E-state index contributed by atoms with van der Waals surface area (Å²) in [7, 11) is 0. The number of ether oxygens (including phenoxy) is 1. The minimum absolute atomic E-state index is 0.0304. The molecule has 2 aromatic heterocycles. The zero-order valence-electron chi connectivity index (χ0n) is 12.1. The molecule has 0 spiro atoms. The van der Waals surface area contributed by atoms with Crippen molar-refractivity contribution in [3.8, 4) is 11.4 Å². The lowest BCUT2D eigenvalue weighted by Gasteiger charge is -2.06. The van der Waals surface area contributed by atoms with E-state index in [4.69, 9.17) is 9.26 Å². The summed E-state index contributed by atoms with van der Waals surface area (Å²) in [5.41, 5.74) is 0.766. The number of nitrogens with one attached hydrogen (secondary N) is 1. The fraction of sp³-hybridized carbons (Fsp3) is 0.429. The molecule has 21 heavy (non-hydrogen) atoms.